The molecule has 0 fully saturated rings. The number of aromatic hydroxyl groups is 1. The quantitative estimate of drug-likeness (QED) is 0.615. The Labute approximate surface area is 121 Å². The zero-order valence-corrected chi connectivity index (χ0v) is 11.7. The molecule has 0 aliphatic heterocycles. The van der Waals surface area contributed by atoms with Gasteiger partial charge in [0.15, 0.2) is 0 Å². The van der Waals surface area contributed by atoms with Gasteiger partial charge in [0.2, 0.25) is 5.91 Å². The van der Waals surface area contributed by atoms with Crippen molar-refractivity contribution < 1.29 is 24.6 Å². The van der Waals surface area contributed by atoms with E-state index in [9.17, 15) is 19.5 Å². The Morgan fingerprint density at radius 1 is 1.24 bits per heavy atom. The van der Waals surface area contributed by atoms with Crippen LogP contribution in [-0.2, 0) is 9.59 Å². The number of phenolic OH excluding ortho intramolecular Hbond substituents is 1. The molecule has 0 saturated heterocycles. The van der Waals surface area contributed by atoms with Gasteiger partial charge in [-0.05, 0) is 31.2 Å². The molecule has 1 atom stereocenters. The lowest BCUT2D eigenvalue weighted by Crippen LogP contribution is -2.50. The van der Waals surface area contributed by atoms with Gasteiger partial charge in [-0.3, -0.25) is 14.5 Å². The molecule has 0 aliphatic rings. The van der Waals surface area contributed by atoms with Crippen LogP contribution >= 0.6 is 0 Å². The molecule has 21 heavy (non-hydrogen) atoms. The van der Waals surface area contributed by atoms with E-state index in [0.717, 1.165) is 4.90 Å². The number of likely N-dealkylation sites (N-methyl/N-ethyl adjacent to an activating group) is 1. The van der Waals surface area contributed by atoms with Crippen LogP contribution in [0.15, 0.2) is 24.3 Å². The molecule has 1 aromatic carbocycles. The summed E-state index contributed by atoms with van der Waals surface area (Å²) in [6, 6.07) is 3.94. The number of nitrogens with zero attached hydrogens (tertiary/aromatic N) is 1. The molecule has 4 N–H and O–H groups in total. The maximum atomic E-state index is 12.1. The lowest BCUT2D eigenvalue weighted by molar-refractivity contribution is -0.135. The Kier molecular flexibility index (Phi) is 5.53. The molecule has 0 radical (unpaired) electrons. The van der Waals surface area contributed by atoms with Crippen LogP contribution in [0.25, 0.3) is 0 Å². The highest BCUT2D eigenvalue weighted by Gasteiger charge is 2.22. The average Bonchev–Trinajstić information content (AvgIpc) is 2.44. The van der Waals surface area contributed by atoms with Crippen molar-refractivity contribution in [2.24, 2.45) is 0 Å². The standard InChI is InChI=1S/C13H17N3O5/c1-8(12(20)14-2)15-13(21)16(7-11(18)19)9-3-5-10(17)6-4-9/h3-6,8,17H,7H2,1-2H3,(H,14,20)(H,15,21)(H,18,19). The number of carboxylic acids is 1. The van der Waals surface area contributed by atoms with Gasteiger partial charge < -0.3 is 20.8 Å². The minimum atomic E-state index is -1.20. The zero-order chi connectivity index (χ0) is 16.0. The lowest BCUT2D eigenvalue weighted by atomic mass is 10.2. The number of urea groups is 1. The van der Waals surface area contributed by atoms with Crippen molar-refractivity contribution >= 4 is 23.6 Å². The van der Waals surface area contributed by atoms with Crippen molar-refractivity contribution in [3.63, 3.8) is 0 Å². The van der Waals surface area contributed by atoms with Crippen molar-refractivity contribution in [3.8, 4) is 5.75 Å². The van der Waals surface area contributed by atoms with E-state index in [1.54, 1.807) is 0 Å². The molecule has 1 aromatic rings. The fourth-order valence-corrected chi connectivity index (χ4v) is 1.59. The predicted octanol–water partition coefficient (Wildman–Crippen LogP) is 0.127. The van der Waals surface area contributed by atoms with Gasteiger partial charge in [0.25, 0.3) is 0 Å². The molecule has 8 heteroatoms. The number of phenols is 1. The highest BCUT2D eigenvalue weighted by atomic mass is 16.4. The van der Waals surface area contributed by atoms with Crippen molar-refractivity contribution in [1.82, 2.24) is 10.6 Å². The van der Waals surface area contributed by atoms with Gasteiger partial charge in [0, 0.05) is 12.7 Å². The van der Waals surface area contributed by atoms with Crippen LogP contribution < -0.4 is 15.5 Å². The van der Waals surface area contributed by atoms with E-state index >= 15 is 0 Å². The third-order valence-electron chi connectivity index (χ3n) is 2.68. The number of hydrogen-bond acceptors (Lipinski definition) is 4. The maximum absolute atomic E-state index is 12.1. The topological polar surface area (TPSA) is 119 Å². The largest absolute Gasteiger partial charge is 0.508 e. The van der Waals surface area contributed by atoms with Crippen molar-refractivity contribution in [2.45, 2.75) is 13.0 Å². The SMILES string of the molecule is CNC(=O)C(C)NC(=O)N(CC(=O)O)c1ccc(O)cc1. The summed E-state index contributed by atoms with van der Waals surface area (Å²) in [5.74, 6) is -1.61. The van der Waals surface area contributed by atoms with Gasteiger partial charge in [0.05, 0.1) is 0 Å². The first-order chi connectivity index (χ1) is 9.85. The lowest BCUT2D eigenvalue weighted by Gasteiger charge is -2.23. The smallest absolute Gasteiger partial charge is 0.323 e. The van der Waals surface area contributed by atoms with Crippen LogP contribution in [0.2, 0.25) is 0 Å². The molecule has 0 spiro atoms. The van der Waals surface area contributed by atoms with Crippen molar-refractivity contribution in [1.29, 1.82) is 0 Å². The Morgan fingerprint density at radius 2 is 1.81 bits per heavy atom. The second-order valence-corrected chi connectivity index (χ2v) is 4.28. The number of rotatable bonds is 5. The third-order valence-corrected chi connectivity index (χ3v) is 2.68. The maximum Gasteiger partial charge on any atom is 0.323 e. The Hall–Kier alpha value is -2.77. The van der Waals surface area contributed by atoms with Crippen LogP contribution in [0, 0.1) is 0 Å². The van der Waals surface area contributed by atoms with Crippen LogP contribution in [-0.4, -0.2) is 47.8 Å². The summed E-state index contributed by atoms with van der Waals surface area (Å²) < 4.78 is 0. The second kappa shape index (κ2) is 7.13. The molecule has 0 saturated carbocycles. The molecule has 0 heterocycles. The number of anilines is 1. The molecule has 1 rings (SSSR count). The van der Waals surface area contributed by atoms with Crippen LogP contribution in [0.5, 0.6) is 5.75 Å². The third kappa shape index (κ3) is 4.68. The van der Waals surface area contributed by atoms with Crippen LogP contribution in [0.4, 0.5) is 10.5 Å². The molecular weight excluding hydrogens is 278 g/mol. The van der Waals surface area contributed by atoms with Crippen molar-refractivity contribution in [3.05, 3.63) is 24.3 Å². The number of hydrogen-bond donors (Lipinski definition) is 4. The first kappa shape index (κ1) is 16.3. The number of aliphatic carboxylic acids is 1. The van der Waals surface area contributed by atoms with Gasteiger partial charge in [-0.15, -0.1) is 0 Å². The minimum Gasteiger partial charge on any atom is -0.508 e. The Balaban J connectivity index is 2.91. The van der Waals surface area contributed by atoms with Gasteiger partial charge in [-0.1, -0.05) is 0 Å². The number of carbonyl (C=O) groups is 3. The van der Waals surface area contributed by atoms with E-state index in [4.69, 9.17) is 5.11 Å². The van der Waals surface area contributed by atoms with E-state index in [2.05, 4.69) is 10.6 Å². The van der Waals surface area contributed by atoms with Gasteiger partial charge >= 0.3 is 12.0 Å². The van der Waals surface area contributed by atoms with Crippen LogP contribution in [0.1, 0.15) is 6.92 Å². The summed E-state index contributed by atoms with van der Waals surface area (Å²) in [4.78, 5) is 35.3. The average molecular weight is 295 g/mol. The summed E-state index contributed by atoms with van der Waals surface area (Å²) in [6.07, 6.45) is 0. The summed E-state index contributed by atoms with van der Waals surface area (Å²) in [6.45, 7) is 0.906. The van der Waals surface area contributed by atoms with Gasteiger partial charge in [-0.25, -0.2) is 4.79 Å². The normalized spacial score (nSPS) is 11.3. The van der Waals surface area contributed by atoms with E-state index < -0.39 is 30.5 Å². The fourth-order valence-electron chi connectivity index (χ4n) is 1.59. The summed E-state index contributed by atoms with van der Waals surface area (Å²) >= 11 is 0. The highest BCUT2D eigenvalue weighted by Crippen LogP contribution is 2.18. The molecular formula is C13H17N3O5. The summed E-state index contributed by atoms with van der Waals surface area (Å²) in [5, 5.41) is 22.9. The second-order valence-electron chi connectivity index (χ2n) is 4.28. The number of carbonyl (C=O) groups excluding carboxylic acids is 2. The summed E-state index contributed by atoms with van der Waals surface area (Å²) in [7, 11) is 1.43. The van der Waals surface area contributed by atoms with E-state index in [0.29, 0.717) is 0 Å². The Bertz CT molecular complexity index is 529. The number of nitrogens with one attached hydrogen (secondary N) is 2. The first-order valence-electron chi connectivity index (χ1n) is 6.15. The highest BCUT2D eigenvalue weighted by molar-refractivity contribution is 5.98. The molecule has 0 aliphatic carbocycles. The predicted molar refractivity (Wildman–Crippen MR) is 75.1 cm³/mol. The van der Waals surface area contributed by atoms with Gasteiger partial charge in [0.1, 0.15) is 18.3 Å². The monoisotopic (exact) mass is 295 g/mol. The molecule has 114 valence electrons. The number of benzene rings is 1. The Morgan fingerprint density at radius 3 is 2.29 bits per heavy atom. The van der Waals surface area contributed by atoms with Crippen molar-refractivity contribution in [2.75, 3.05) is 18.5 Å². The van der Waals surface area contributed by atoms with Gasteiger partial charge in [-0.2, -0.15) is 0 Å². The minimum absolute atomic E-state index is 0.00633. The van der Waals surface area contributed by atoms with E-state index in [1.165, 1.54) is 38.2 Å². The number of amides is 3. The molecule has 0 bridgehead atoms. The molecule has 3 amide bonds. The van der Waals surface area contributed by atoms with E-state index in [1.807, 2.05) is 0 Å². The molecule has 0 aromatic heterocycles. The van der Waals surface area contributed by atoms with E-state index in [-0.39, 0.29) is 11.4 Å². The fraction of sp³-hybridized carbons (Fsp3) is 0.308. The molecule has 1 unspecified atom stereocenters. The number of carboxylic acid groups (broad SMARTS) is 1. The zero-order valence-electron chi connectivity index (χ0n) is 11.7. The van der Waals surface area contributed by atoms with Crippen LogP contribution in [0.3, 0.4) is 0 Å². The molecule has 8 nitrogen and oxygen atoms in total. The first-order valence-corrected chi connectivity index (χ1v) is 6.15. The summed E-state index contributed by atoms with van der Waals surface area (Å²) in [5.41, 5.74) is 0.289.